The van der Waals surface area contributed by atoms with E-state index in [0.717, 1.165) is 31.2 Å². The van der Waals surface area contributed by atoms with Crippen LogP contribution in [0.2, 0.25) is 0 Å². The zero-order chi connectivity index (χ0) is 15.9. The molecule has 0 spiro atoms. The quantitative estimate of drug-likeness (QED) is 0.797. The van der Waals surface area contributed by atoms with Gasteiger partial charge < -0.3 is 15.8 Å². The van der Waals surface area contributed by atoms with Crippen LogP contribution in [0.5, 0.6) is 0 Å². The second kappa shape index (κ2) is 8.57. The standard InChI is InChI=1S/C15H26N4O2S/c1-11-4-3-5-19(8-11)9-12-10-22-15(17-12)18-14(20)6-13(7-16)21-2/h10-11,13H,3-9,16H2,1-2H3,(H,17,18,20). The lowest BCUT2D eigenvalue weighted by Crippen LogP contribution is -2.33. The number of piperidine rings is 1. The Morgan fingerprint density at radius 2 is 2.50 bits per heavy atom. The van der Waals surface area contributed by atoms with Crippen LogP contribution in [-0.2, 0) is 16.1 Å². The van der Waals surface area contributed by atoms with Crippen molar-refractivity contribution in [1.82, 2.24) is 9.88 Å². The molecule has 2 rings (SSSR count). The van der Waals surface area contributed by atoms with Crippen LogP contribution in [0, 0.1) is 5.92 Å². The van der Waals surface area contributed by atoms with Crippen molar-refractivity contribution in [2.24, 2.45) is 11.7 Å². The van der Waals surface area contributed by atoms with Crippen molar-refractivity contribution in [1.29, 1.82) is 0 Å². The smallest absolute Gasteiger partial charge is 0.228 e. The molecule has 124 valence electrons. The summed E-state index contributed by atoms with van der Waals surface area (Å²) in [5.74, 6) is 0.651. The summed E-state index contributed by atoms with van der Waals surface area (Å²) in [6.45, 7) is 5.75. The van der Waals surface area contributed by atoms with Gasteiger partial charge in [-0.2, -0.15) is 0 Å². The zero-order valence-electron chi connectivity index (χ0n) is 13.4. The normalized spacial score (nSPS) is 20.8. The molecule has 7 heteroatoms. The van der Waals surface area contributed by atoms with Gasteiger partial charge in [0, 0.05) is 32.1 Å². The summed E-state index contributed by atoms with van der Waals surface area (Å²) in [6.07, 6.45) is 2.59. The molecule has 1 aliphatic heterocycles. The topological polar surface area (TPSA) is 80.5 Å². The molecule has 1 fully saturated rings. The third kappa shape index (κ3) is 5.31. The Morgan fingerprint density at radius 3 is 3.18 bits per heavy atom. The second-order valence-electron chi connectivity index (χ2n) is 5.97. The van der Waals surface area contributed by atoms with Crippen LogP contribution < -0.4 is 11.1 Å². The van der Waals surface area contributed by atoms with Crippen molar-refractivity contribution in [3.63, 3.8) is 0 Å². The number of methoxy groups -OCH3 is 1. The van der Waals surface area contributed by atoms with E-state index in [0.29, 0.717) is 11.7 Å². The number of likely N-dealkylation sites (tertiary alicyclic amines) is 1. The van der Waals surface area contributed by atoms with E-state index in [2.05, 4.69) is 22.1 Å². The van der Waals surface area contributed by atoms with E-state index >= 15 is 0 Å². The maximum absolute atomic E-state index is 11.9. The molecule has 0 aliphatic carbocycles. The molecule has 0 bridgehead atoms. The van der Waals surface area contributed by atoms with Crippen LogP contribution in [0.4, 0.5) is 5.13 Å². The average Bonchev–Trinajstić information content (AvgIpc) is 2.91. The number of nitrogens with zero attached hydrogens (tertiary/aromatic N) is 2. The molecular formula is C15H26N4O2S. The van der Waals surface area contributed by atoms with Crippen LogP contribution in [0.3, 0.4) is 0 Å². The zero-order valence-corrected chi connectivity index (χ0v) is 14.2. The summed E-state index contributed by atoms with van der Waals surface area (Å²) in [6, 6.07) is 0. The van der Waals surface area contributed by atoms with Crippen LogP contribution in [-0.4, -0.2) is 48.6 Å². The van der Waals surface area contributed by atoms with Crippen molar-refractivity contribution in [3.05, 3.63) is 11.1 Å². The molecule has 1 saturated heterocycles. The average molecular weight is 326 g/mol. The minimum atomic E-state index is -0.241. The first-order valence-electron chi connectivity index (χ1n) is 7.80. The molecule has 1 aliphatic rings. The van der Waals surface area contributed by atoms with Crippen LogP contribution in [0.15, 0.2) is 5.38 Å². The van der Waals surface area contributed by atoms with E-state index in [9.17, 15) is 4.79 Å². The monoisotopic (exact) mass is 326 g/mol. The molecule has 2 heterocycles. The van der Waals surface area contributed by atoms with Gasteiger partial charge in [-0.05, 0) is 25.3 Å². The van der Waals surface area contributed by atoms with Gasteiger partial charge in [-0.25, -0.2) is 4.98 Å². The Labute approximate surface area is 136 Å². The summed E-state index contributed by atoms with van der Waals surface area (Å²) >= 11 is 1.47. The largest absolute Gasteiger partial charge is 0.380 e. The van der Waals surface area contributed by atoms with Crippen molar-refractivity contribution >= 4 is 22.4 Å². The molecule has 2 atom stereocenters. The maximum atomic E-state index is 11.9. The third-order valence-electron chi connectivity index (χ3n) is 3.93. The number of nitrogens with one attached hydrogen (secondary N) is 1. The summed E-state index contributed by atoms with van der Waals surface area (Å²) in [5.41, 5.74) is 6.55. The highest BCUT2D eigenvalue weighted by Crippen LogP contribution is 2.21. The molecule has 2 unspecified atom stereocenters. The van der Waals surface area contributed by atoms with Crippen molar-refractivity contribution in [2.45, 2.75) is 38.8 Å². The van der Waals surface area contributed by atoms with Gasteiger partial charge in [0.05, 0.1) is 18.2 Å². The van der Waals surface area contributed by atoms with Crippen molar-refractivity contribution < 1.29 is 9.53 Å². The Kier molecular flexibility index (Phi) is 6.75. The Morgan fingerprint density at radius 1 is 1.68 bits per heavy atom. The Balaban J connectivity index is 1.82. The summed E-state index contributed by atoms with van der Waals surface area (Å²) in [7, 11) is 1.56. The number of carbonyl (C=O) groups excluding carboxylic acids is 1. The molecule has 0 radical (unpaired) electrons. The van der Waals surface area contributed by atoms with Crippen LogP contribution in [0.25, 0.3) is 0 Å². The number of rotatable bonds is 7. The number of nitrogens with two attached hydrogens (primary N) is 1. The molecule has 1 aromatic heterocycles. The molecule has 0 aromatic carbocycles. The van der Waals surface area contributed by atoms with Crippen molar-refractivity contribution in [2.75, 3.05) is 32.1 Å². The van der Waals surface area contributed by atoms with Gasteiger partial charge in [-0.3, -0.25) is 9.69 Å². The second-order valence-corrected chi connectivity index (χ2v) is 6.83. The highest BCUT2D eigenvalue weighted by molar-refractivity contribution is 7.13. The molecule has 1 aromatic rings. The van der Waals surface area contributed by atoms with Gasteiger partial charge in [0.15, 0.2) is 5.13 Å². The van der Waals surface area contributed by atoms with E-state index in [-0.39, 0.29) is 18.4 Å². The molecule has 3 N–H and O–H groups in total. The Bertz CT molecular complexity index is 476. The number of thiazole rings is 1. The first-order chi connectivity index (χ1) is 10.6. The van der Waals surface area contributed by atoms with E-state index in [1.165, 1.54) is 24.2 Å². The minimum absolute atomic E-state index is 0.107. The van der Waals surface area contributed by atoms with E-state index in [1.54, 1.807) is 7.11 Å². The molecular weight excluding hydrogens is 300 g/mol. The number of hydrogen-bond acceptors (Lipinski definition) is 6. The van der Waals surface area contributed by atoms with Gasteiger partial charge in [0.1, 0.15) is 0 Å². The number of hydrogen-bond donors (Lipinski definition) is 2. The number of aromatic nitrogens is 1. The fraction of sp³-hybridized carbons (Fsp3) is 0.733. The summed E-state index contributed by atoms with van der Waals surface area (Å²) < 4.78 is 5.11. The fourth-order valence-electron chi connectivity index (χ4n) is 2.74. The van der Waals surface area contributed by atoms with Gasteiger partial charge in [0.2, 0.25) is 5.91 Å². The van der Waals surface area contributed by atoms with Gasteiger partial charge >= 0.3 is 0 Å². The molecule has 1 amide bonds. The first-order valence-corrected chi connectivity index (χ1v) is 8.68. The Hall–Kier alpha value is -1.02. The van der Waals surface area contributed by atoms with Crippen molar-refractivity contribution in [3.8, 4) is 0 Å². The minimum Gasteiger partial charge on any atom is -0.380 e. The maximum Gasteiger partial charge on any atom is 0.228 e. The third-order valence-corrected chi connectivity index (χ3v) is 4.74. The van der Waals surface area contributed by atoms with Gasteiger partial charge in [-0.15, -0.1) is 11.3 Å². The number of ether oxygens (including phenoxy) is 1. The number of amides is 1. The van der Waals surface area contributed by atoms with Crippen LogP contribution >= 0.6 is 11.3 Å². The fourth-order valence-corrected chi connectivity index (χ4v) is 3.45. The lowest BCUT2D eigenvalue weighted by molar-refractivity contribution is -0.118. The predicted molar refractivity (Wildman–Crippen MR) is 88.9 cm³/mol. The first kappa shape index (κ1) is 17.3. The number of carbonyl (C=O) groups is 1. The van der Waals surface area contributed by atoms with Gasteiger partial charge in [0.25, 0.3) is 0 Å². The van der Waals surface area contributed by atoms with Gasteiger partial charge in [-0.1, -0.05) is 6.92 Å². The molecule has 0 saturated carbocycles. The molecule has 22 heavy (non-hydrogen) atoms. The van der Waals surface area contributed by atoms with Crippen LogP contribution in [0.1, 0.15) is 31.9 Å². The lowest BCUT2D eigenvalue weighted by Gasteiger charge is -2.30. The summed E-state index contributed by atoms with van der Waals surface area (Å²) in [5, 5.41) is 5.49. The summed E-state index contributed by atoms with van der Waals surface area (Å²) in [4.78, 5) is 18.8. The SMILES string of the molecule is COC(CN)CC(=O)Nc1nc(CN2CCCC(C)C2)cs1. The highest BCUT2D eigenvalue weighted by atomic mass is 32.1. The van der Waals surface area contributed by atoms with E-state index in [1.807, 2.05) is 5.38 Å². The van der Waals surface area contributed by atoms with E-state index < -0.39 is 0 Å². The van der Waals surface area contributed by atoms with E-state index in [4.69, 9.17) is 10.5 Å². The highest BCUT2D eigenvalue weighted by Gasteiger charge is 2.18. The molecule has 6 nitrogen and oxygen atoms in total. The lowest BCUT2D eigenvalue weighted by atomic mass is 10.0. The predicted octanol–water partition coefficient (Wildman–Crippen LogP) is 1.68. The number of anilines is 1.